The molecule has 4 nitrogen and oxygen atoms in total. The van der Waals surface area contributed by atoms with Gasteiger partial charge in [-0.2, -0.15) is 0 Å². The minimum atomic E-state index is -0.554. The van der Waals surface area contributed by atoms with Crippen LogP contribution in [0.3, 0.4) is 0 Å². The van der Waals surface area contributed by atoms with E-state index in [1.807, 2.05) is 0 Å². The maximum atomic E-state index is 12.9. The number of hydrogen-bond acceptors (Lipinski definition) is 4. The Bertz CT molecular complexity index is 527. The van der Waals surface area contributed by atoms with E-state index in [9.17, 15) is 9.18 Å². The Kier molecular flexibility index (Phi) is 3.57. The first-order chi connectivity index (χ1) is 8.59. The fourth-order valence-corrected chi connectivity index (χ4v) is 2.31. The van der Waals surface area contributed by atoms with Gasteiger partial charge in [0, 0.05) is 17.3 Å². The van der Waals surface area contributed by atoms with Gasteiger partial charge in [-0.25, -0.2) is 9.37 Å². The third kappa shape index (κ3) is 2.48. The topological polar surface area (TPSA) is 59.2 Å². The molecule has 1 unspecified atom stereocenters. The maximum absolute atomic E-state index is 12.9. The molecule has 0 saturated heterocycles. The van der Waals surface area contributed by atoms with E-state index in [4.69, 9.17) is 5.73 Å². The van der Waals surface area contributed by atoms with Gasteiger partial charge in [0.05, 0.1) is 0 Å². The first kappa shape index (κ1) is 12.5. The maximum Gasteiger partial charge on any atom is 0.240 e. The van der Waals surface area contributed by atoms with Gasteiger partial charge < -0.3 is 10.6 Å². The van der Waals surface area contributed by atoms with Crippen molar-refractivity contribution in [1.82, 2.24) is 4.98 Å². The summed E-state index contributed by atoms with van der Waals surface area (Å²) in [5.41, 5.74) is 6.01. The molecule has 1 aromatic heterocycles. The number of anilines is 2. The van der Waals surface area contributed by atoms with Gasteiger partial charge in [-0.1, -0.05) is 0 Å². The molecular weight excluding hydrogens is 253 g/mol. The average Bonchev–Trinajstić information content (AvgIpc) is 2.85. The van der Waals surface area contributed by atoms with E-state index in [0.29, 0.717) is 10.8 Å². The number of carbonyl (C=O) groups excluding carboxylic acids is 1. The predicted octanol–water partition coefficient (Wildman–Crippen LogP) is 2.29. The second-order valence-corrected chi connectivity index (χ2v) is 4.61. The van der Waals surface area contributed by atoms with Gasteiger partial charge in [0.2, 0.25) is 5.91 Å². The number of thiazole rings is 1. The van der Waals surface area contributed by atoms with Crippen molar-refractivity contribution >= 4 is 28.1 Å². The quantitative estimate of drug-likeness (QED) is 0.922. The Morgan fingerprint density at radius 3 is 2.61 bits per heavy atom. The average molecular weight is 265 g/mol. The van der Waals surface area contributed by atoms with Gasteiger partial charge in [-0.05, 0) is 31.2 Å². The number of hydrogen-bond donors (Lipinski definition) is 1. The Morgan fingerprint density at radius 2 is 2.11 bits per heavy atom. The highest BCUT2D eigenvalue weighted by Crippen LogP contribution is 2.29. The third-order valence-electron chi connectivity index (χ3n) is 2.53. The van der Waals surface area contributed by atoms with Crippen LogP contribution in [-0.2, 0) is 4.79 Å². The van der Waals surface area contributed by atoms with Crippen LogP contribution in [-0.4, -0.2) is 16.9 Å². The number of amides is 1. The molecule has 0 saturated carbocycles. The number of benzene rings is 1. The molecule has 6 heteroatoms. The Hall–Kier alpha value is -1.95. The van der Waals surface area contributed by atoms with Gasteiger partial charge >= 0.3 is 0 Å². The zero-order valence-electron chi connectivity index (χ0n) is 9.71. The van der Waals surface area contributed by atoms with Crippen LogP contribution in [0.4, 0.5) is 15.2 Å². The first-order valence-electron chi connectivity index (χ1n) is 5.33. The van der Waals surface area contributed by atoms with Gasteiger partial charge in [0.1, 0.15) is 11.9 Å². The molecule has 2 aromatic rings. The lowest BCUT2D eigenvalue weighted by molar-refractivity contribution is -0.118. The lowest BCUT2D eigenvalue weighted by Gasteiger charge is -2.26. The second-order valence-electron chi connectivity index (χ2n) is 3.74. The van der Waals surface area contributed by atoms with E-state index in [-0.39, 0.29) is 5.82 Å². The molecule has 0 spiro atoms. The van der Waals surface area contributed by atoms with Crippen molar-refractivity contribution < 1.29 is 9.18 Å². The zero-order valence-corrected chi connectivity index (χ0v) is 10.5. The SMILES string of the molecule is CC(C(N)=O)N(c1ccc(F)cc1)c1nccs1. The number of carbonyl (C=O) groups is 1. The van der Waals surface area contributed by atoms with Crippen molar-refractivity contribution in [3.8, 4) is 0 Å². The van der Waals surface area contributed by atoms with Crippen LogP contribution in [0, 0.1) is 5.82 Å². The lowest BCUT2D eigenvalue weighted by Crippen LogP contribution is -2.39. The molecule has 18 heavy (non-hydrogen) atoms. The minimum Gasteiger partial charge on any atom is -0.368 e. The van der Waals surface area contributed by atoms with Gasteiger partial charge in [0.15, 0.2) is 5.13 Å². The van der Waals surface area contributed by atoms with E-state index >= 15 is 0 Å². The molecule has 1 amide bonds. The van der Waals surface area contributed by atoms with E-state index in [1.54, 1.807) is 35.5 Å². The molecule has 0 fully saturated rings. The number of primary amides is 1. The highest BCUT2D eigenvalue weighted by Gasteiger charge is 2.22. The van der Waals surface area contributed by atoms with Crippen LogP contribution in [0.1, 0.15) is 6.92 Å². The Labute approximate surface area is 108 Å². The normalized spacial score (nSPS) is 12.1. The van der Waals surface area contributed by atoms with Crippen molar-refractivity contribution in [1.29, 1.82) is 0 Å². The van der Waals surface area contributed by atoms with Crippen LogP contribution in [0.5, 0.6) is 0 Å². The summed E-state index contributed by atoms with van der Waals surface area (Å²) in [6.07, 6.45) is 1.64. The molecule has 0 bridgehead atoms. The van der Waals surface area contributed by atoms with Crippen molar-refractivity contribution in [3.05, 3.63) is 41.7 Å². The van der Waals surface area contributed by atoms with Gasteiger partial charge in [-0.15, -0.1) is 11.3 Å². The van der Waals surface area contributed by atoms with Crippen molar-refractivity contribution in [2.75, 3.05) is 4.90 Å². The van der Waals surface area contributed by atoms with E-state index in [1.165, 1.54) is 23.5 Å². The second kappa shape index (κ2) is 5.14. The summed E-state index contributed by atoms with van der Waals surface area (Å²) in [5, 5.41) is 2.45. The summed E-state index contributed by atoms with van der Waals surface area (Å²) in [7, 11) is 0. The fraction of sp³-hybridized carbons (Fsp3) is 0.167. The Morgan fingerprint density at radius 1 is 1.44 bits per heavy atom. The molecule has 1 heterocycles. The standard InChI is InChI=1S/C12H12FN3OS/c1-8(11(14)17)16(12-15-6-7-18-12)10-4-2-9(13)3-5-10/h2-8H,1H3,(H2,14,17). The zero-order chi connectivity index (χ0) is 13.1. The molecule has 1 atom stereocenters. The highest BCUT2D eigenvalue weighted by atomic mass is 32.1. The molecule has 2 rings (SSSR count). The smallest absolute Gasteiger partial charge is 0.240 e. The van der Waals surface area contributed by atoms with Crippen molar-refractivity contribution in [3.63, 3.8) is 0 Å². The number of halogens is 1. The summed E-state index contributed by atoms with van der Waals surface area (Å²) in [4.78, 5) is 17.2. The van der Waals surface area contributed by atoms with Crippen LogP contribution < -0.4 is 10.6 Å². The van der Waals surface area contributed by atoms with Gasteiger partial charge in [0.25, 0.3) is 0 Å². The molecule has 0 aliphatic carbocycles. The summed E-state index contributed by atoms with van der Waals surface area (Å²) < 4.78 is 12.9. The first-order valence-corrected chi connectivity index (χ1v) is 6.21. The van der Waals surface area contributed by atoms with Crippen LogP contribution >= 0.6 is 11.3 Å². The van der Waals surface area contributed by atoms with Crippen molar-refractivity contribution in [2.45, 2.75) is 13.0 Å². The molecule has 94 valence electrons. The van der Waals surface area contributed by atoms with Crippen LogP contribution in [0.2, 0.25) is 0 Å². The largest absolute Gasteiger partial charge is 0.368 e. The minimum absolute atomic E-state index is 0.329. The molecule has 0 aliphatic rings. The summed E-state index contributed by atoms with van der Waals surface area (Å²) in [5.74, 6) is -0.793. The molecular formula is C12H12FN3OS. The lowest BCUT2D eigenvalue weighted by atomic mass is 10.2. The number of rotatable bonds is 4. The fourth-order valence-electron chi connectivity index (χ4n) is 1.56. The molecule has 1 aromatic carbocycles. The van der Waals surface area contributed by atoms with Crippen LogP contribution in [0.15, 0.2) is 35.8 Å². The molecule has 0 aliphatic heterocycles. The van der Waals surface area contributed by atoms with E-state index in [0.717, 1.165) is 0 Å². The number of nitrogens with zero attached hydrogens (tertiary/aromatic N) is 2. The number of nitrogens with two attached hydrogens (primary N) is 1. The highest BCUT2D eigenvalue weighted by molar-refractivity contribution is 7.13. The number of aromatic nitrogens is 1. The summed E-state index contributed by atoms with van der Waals surface area (Å²) in [6, 6.07) is 5.31. The van der Waals surface area contributed by atoms with E-state index in [2.05, 4.69) is 4.98 Å². The Balaban J connectivity index is 2.42. The monoisotopic (exact) mass is 265 g/mol. The summed E-state index contributed by atoms with van der Waals surface area (Å²) >= 11 is 1.39. The third-order valence-corrected chi connectivity index (χ3v) is 3.30. The molecule has 0 radical (unpaired) electrons. The van der Waals surface area contributed by atoms with Gasteiger partial charge in [-0.3, -0.25) is 4.79 Å². The van der Waals surface area contributed by atoms with Crippen molar-refractivity contribution in [2.24, 2.45) is 5.73 Å². The van der Waals surface area contributed by atoms with Crippen LogP contribution in [0.25, 0.3) is 0 Å². The van der Waals surface area contributed by atoms with E-state index < -0.39 is 11.9 Å². The summed E-state index contributed by atoms with van der Waals surface area (Å²) in [6.45, 7) is 1.69. The molecule has 2 N–H and O–H groups in total. The predicted molar refractivity (Wildman–Crippen MR) is 69.3 cm³/mol.